The molecule has 0 saturated carbocycles. The predicted octanol–water partition coefficient (Wildman–Crippen LogP) is -1.12. The Hall–Kier alpha value is -1.97. The molecule has 1 radical (unpaired) electrons. The number of rotatable bonds is 2. The smallest absolute Gasteiger partial charge is 0.280 e. The molecule has 3 rings (SSSR count). The number of anilines is 1. The summed E-state index contributed by atoms with van der Waals surface area (Å²) in [5, 5.41) is 18.6. The van der Waals surface area contributed by atoms with Gasteiger partial charge in [-0.2, -0.15) is 4.98 Å². The van der Waals surface area contributed by atoms with Crippen molar-refractivity contribution >= 4 is 17.1 Å². The van der Waals surface area contributed by atoms with Crippen molar-refractivity contribution in [1.29, 1.82) is 0 Å². The summed E-state index contributed by atoms with van der Waals surface area (Å²) in [7, 11) is 0. The summed E-state index contributed by atoms with van der Waals surface area (Å²) < 4.78 is 6.94. The highest BCUT2D eigenvalue weighted by molar-refractivity contribution is 5.70. The average Bonchev–Trinajstić information content (AvgIpc) is 2.92. The molecular formula is C10H12N5O4. The van der Waals surface area contributed by atoms with Gasteiger partial charge in [-0.3, -0.25) is 14.3 Å². The second-order valence-corrected chi connectivity index (χ2v) is 4.28. The van der Waals surface area contributed by atoms with Gasteiger partial charge in [-0.15, -0.1) is 0 Å². The molecule has 0 amide bonds. The normalized spacial score (nSPS) is 27.2. The minimum absolute atomic E-state index is 0.0249. The molecule has 3 atom stereocenters. The number of nitrogen functional groups attached to an aromatic ring is 1. The van der Waals surface area contributed by atoms with Crippen molar-refractivity contribution in [2.75, 3.05) is 5.73 Å². The molecule has 19 heavy (non-hydrogen) atoms. The number of H-pyrrole nitrogens is 1. The van der Waals surface area contributed by atoms with Crippen molar-refractivity contribution in [2.24, 2.45) is 0 Å². The van der Waals surface area contributed by atoms with Crippen LogP contribution in [0, 0.1) is 6.61 Å². The number of fused-ring (bicyclic) bond motifs is 1. The van der Waals surface area contributed by atoms with Gasteiger partial charge in [-0.1, -0.05) is 0 Å². The number of hydrogen-bond acceptors (Lipinski definition) is 7. The van der Waals surface area contributed by atoms with Crippen LogP contribution in [0.4, 0.5) is 5.95 Å². The Labute approximate surface area is 106 Å². The van der Waals surface area contributed by atoms with Crippen LogP contribution in [0.15, 0.2) is 11.1 Å². The Bertz CT molecular complexity index is 665. The lowest BCUT2D eigenvalue weighted by Gasteiger charge is -2.13. The highest BCUT2D eigenvalue weighted by Gasteiger charge is 2.35. The molecule has 9 nitrogen and oxygen atoms in total. The van der Waals surface area contributed by atoms with Gasteiger partial charge in [0.2, 0.25) is 5.95 Å². The Balaban J connectivity index is 2.05. The zero-order valence-electron chi connectivity index (χ0n) is 9.72. The quantitative estimate of drug-likeness (QED) is 0.540. The Morgan fingerprint density at radius 1 is 1.63 bits per heavy atom. The van der Waals surface area contributed by atoms with E-state index in [1.54, 1.807) is 0 Å². The molecule has 2 aromatic heterocycles. The van der Waals surface area contributed by atoms with Crippen LogP contribution in [0.2, 0.25) is 0 Å². The fourth-order valence-electron chi connectivity index (χ4n) is 2.14. The molecular weight excluding hydrogens is 254 g/mol. The van der Waals surface area contributed by atoms with Gasteiger partial charge in [0.05, 0.1) is 12.4 Å². The van der Waals surface area contributed by atoms with E-state index in [0.717, 1.165) is 6.61 Å². The topological polar surface area (TPSA) is 139 Å². The predicted molar refractivity (Wildman–Crippen MR) is 63.3 cm³/mol. The van der Waals surface area contributed by atoms with Crippen molar-refractivity contribution < 1.29 is 14.9 Å². The zero-order valence-corrected chi connectivity index (χ0v) is 9.72. The van der Waals surface area contributed by atoms with Crippen LogP contribution in [-0.4, -0.2) is 41.9 Å². The number of aromatic amines is 1. The number of nitrogens with one attached hydrogen (secondary N) is 1. The molecule has 9 heteroatoms. The molecule has 0 unspecified atom stereocenters. The third kappa shape index (κ3) is 1.87. The number of aromatic nitrogens is 4. The molecule has 101 valence electrons. The lowest BCUT2D eigenvalue weighted by Crippen LogP contribution is -2.20. The van der Waals surface area contributed by atoms with Crippen LogP contribution in [0.3, 0.4) is 0 Å². The second kappa shape index (κ2) is 4.30. The Morgan fingerprint density at radius 3 is 3.11 bits per heavy atom. The fraction of sp³-hybridized carbons (Fsp3) is 0.400. The van der Waals surface area contributed by atoms with Crippen LogP contribution in [-0.2, 0) is 4.74 Å². The summed E-state index contributed by atoms with van der Waals surface area (Å²) in [5.41, 5.74) is 5.47. The molecule has 0 aliphatic carbocycles. The molecule has 1 fully saturated rings. The molecule has 0 aromatic carbocycles. The Kier molecular flexibility index (Phi) is 2.73. The standard InChI is InChI=1S/C10H12N5O4/c11-10-13-8-7(9(18)14-10)12-3-15(8)6-1-4(17)5(2-16)19-6/h2-6,16-17H,1H2,(H3,11,13,14,18)/t4-,5+,6+/m0/s1. The van der Waals surface area contributed by atoms with E-state index in [1.165, 1.54) is 10.9 Å². The van der Waals surface area contributed by atoms with Gasteiger partial charge in [0, 0.05) is 6.42 Å². The first-order valence-electron chi connectivity index (χ1n) is 5.63. The van der Waals surface area contributed by atoms with Crippen molar-refractivity contribution in [3.8, 4) is 0 Å². The molecule has 1 aliphatic rings. The van der Waals surface area contributed by atoms with Gasteiger partial charge in [0.25, 0.3) is 5.56 Å². The van der Waals surface area contributed by atoms with Gasteiger partial charge in [0.1, 0.15) is 18.9 Å². The fourth-order valence-corrected chi connectivity index (χ4v) is 2.14. The van der Waals surface area contributed by atoms with Crippen molar-refractivity contribution in [1.82, 2.24) is 19.5 Å². The van der Waals surface area contributed by atoms with E-state index in [9.17, 15) is 9.90 Å². The minimum Gasteiger partial charge on any atom is -0.390 e. The highest BCUT2D eigenvalue weighted by Crippen LogP contribution is 2.30. The number of aliphatic hydroxyl groups excluding tert-OH is 2. The van der Waals surface area contributed by atoms with E-state index < -0.39 is 24.0 Å². The van der Waals surface area contributed by atoms with Gasteiger partial charge >= 0.3 is 0 Å². The average molecular weight is 266 g/mol. The molecule has 5 N–H and O–H groups in total. The molecule has 0 bridgehead atoms. The van der Waals surface area contributed by atoms with Crippen LogP contribution >= 0.6 is 0 Å². The summed E-state index contributed by atoms with van der Waals surface area (Å²) in [5.74, 6) is -0.0249. The molecule has 1 aliphatic heterocycles. The number of aliphatic hydroxyl groups is 2. The van der Waals surface area contributed by atoms with E-state index in [2.05, 4.69) is 15.0 Å². The number of nitrogens with two attached hydrogens (primary N) is 1. The number of ether oxygens (including phenoxy) is 1. The lowest BCUT2D eigenvalue weighted by atomic mass is 10.2. The third-order valence-electron chi connectivity index (χ3n) is 3.04. The van der Waals surface area contributed by atoms with Crippen LogP contribution < -0.4 is 11.3 Å². The summed E-state index contributed by atoms with van der Waals surface area (Å²) in [6.07, 6.45) is -0.527. The minimum atomic E-state index is -0.827. The lowest BCUT2D eigenvalue weighted by molar-refractivity contribution is -0.0201. The SMILES string of the molecule is Nc1nc2c(ncn2[C@H]2C[C@H](O)[C@@H]([CH]O)O2)c(=O)[nH]1. The first kappa shape index (κ1) is 12.1. The van der Waals surface area contributed by atoms with Gasteiger partial charge in [0.15, 0.2) is 11.2 Å². The summed E-state index contributed by atoms with van der Waals surface area (Å²) in [6, 6.07) is 0. The summed E-state index contributed by atoms with van der Waals surface area (Å²) in [6.45, 7) is 0.790. The monoisotopic (exact) mass is 266 g/mol. The van der Waals surface area contributed by atoms with E-state index in [-0.39, 0.29) is 23.5 Å². The molecule has 1 saturated heterocycles. The number of imidazole rings is 1. The molecule has 3 heterocycles. The van der Waals surface area contributed by atoms with Crippen LogP contribution in [0.5, 0.6) is 0 Å². The van der Waals surface area contributed by atoms with E-state index >= 15 is 0 Å². The van der Waals surface area contributed by atoms with Crippen LogP contribution in [0.25, 0.3) is 11.2 Å². The maximum Gasteiger partial charge on any atom is 0.280 e. The van der Waals surface area contributed by atoms with Crippen LogP contribution in [0.1, 0.15) is 12.6 Å². The van der Waals surface area contributed by atoms with Gasteiger partial charge < -0.3 is 20.7 Å². The second-order valence-electron chi connectivity index (χ2n) is 4.28. The highest BCUT2D eigenvalue weighted by atomic mass is 16.5. The largest absolute Gasteiger partial charge is 0.390 e. The summed E-state index contributed by atoms with van der Waals surface area (Å²) in [4.78, 5) is 21.9. The van der Waals surface area contributed by atoms with Crippen molar-refractivity contribution in [2.45, 2.75) is 24.9 Å². The zero-order chi connectivity index (χ0) is 13.6. The maximum atomic E-state index is 11.6. The molecule has 0 spiro atoms. The third-order valence-corrected chi connectivity index (χ3v) is 3.04. The number of nitrogens with zero attached hydrogens (tertiary/aromatic N) is 3. The maximum absolute atomic E-state index is 11.6. The van der Waals surface area contributed by atoms with Gasteiger partial charge in [-0.05, 0) is 0 Å². The first-order valence-corrected chi connectivity index (χ1v) is 5.63. The van der Waals surface area contributed by atoms with E-state index in [1.807, 2.05) is 0 Å². The van der Waals surface area contributed by atoms with E-state index in [0.29, 0.717) is 0 Å². The summed E-state index contributed by atoms with van der Waals surface area (Å²) >= 11 is 0. The van der Waals surface area contributed by atoms with E-state index in [4.69, 9.17) is 15.6 Å². The van der Waals surface area contributed by atoms with Crippen molar-refractivity contribution in [3.05, 3.63) is 23.3 Å². The molecule has 2 aromatic rings. The van der Waals surface area contributed by atoms with Gasteiger partial charge in [-0.25, -0.2) is 4.98 Å². The first-order chi connectivity index (χ1) is 9.10. The van der Waals surface area contributed by atoms with Crippen molar-refractivity contribution in [3.63, 3.8) is 0 Å². The Morgan fingerprint density at radius 2 is 2.42 bits per heavy atom. The number of hydrogen-bond donors (Lipinski definition) is 4.